The van der Waals surface area contributed by atoms with Crippen molar-refractivity contribution in [2.75, 3.05) is 4.90 Å². The highest BCUT2D eigenvalue weighted by atomic mass is 79.9. The van der Waals surface area contributed by atoms with Gasteiger partial charge in [0.05, 0.1) is 5.69 Å². The van der Waals surface area contributed by atoms with Gasteiger partial charge in [-0.3, -0.25) is 9.69 Å². The van der Waals surface area contributed by atoms with E-state index in [0.717, 1.165) is 35.0 Å². The molecular weight excluding hydrogens is 340 g/mol. The minimum atomic E-state index is -0.174. The highest BCUT2D eigenvalue weighted by molar-refractivity contribution is 9.10. The van der Waals surface area contributed by atoms with Gasteiger partial charge in [0, 0.05) is 10.7 Å². The Labute approximate surface area is 138 Å². The lowest BCUT2D eigenvalue weighted by molar-refractivity contribution is -0.113. The van der Waals surface area contributed by atoms with Crippen LogP contribution >= 0.6 is 15.9 Å². The number of hydrogen-bond acceptors (Lipinski definition) is 2. The molecule has 0 saturated heterocycles. The molecule has 0 saturated carbocycles. The lowest BCUT2D eigenvalue weighted by Crippen LogP contribution is -2.24. The number of fused-ring (bicyclic) bond motifs is 1. The van der Waals surface area contributed by atoms with Crippen LogP contribution in [-0.4, -0.2) is 10.9 Å². The summed E-state index contributed by atoms with van der Waals surface area (Å²) in [4.78, 5) is 18.5. The first-order chi connectivity index (χ1) is 10.6. The smallest absolute Gasteiger partial charge is 0.256 e. The minimum Gasteiger partial charge on any atom is -0.269 e. The number of carbonyl (C=O) groups excluding carboxylic acids is 1. The van der Waals surface area contributed by atoms with Gasteiger partial charge < -0.3 is 0 Å². The summed E-state index contributed by atoms with van der Waals surface area (Å²) in [5.41, 5.74) is 4.46. The Morgan fingerprint density at radius 2 is 2.09 bits per heavy atom. The van der Waals surface area contributed by atoms with Crippen molar-refractivity contribution in [2.45, 2.75) is 26.2 Å². The predicted octanol–water partition coefficient (Wildman–Crippen LogP) is 4.49. The molecule has 1 heterocycles. The van der Waals surface area contributed by atoms with Crippen LogP contribution in [-0.2, 0) is 17.6 Å². The van der Waals surface area contributed by atoms with Crippen molar-refractivity contribution in [1.82, 2.24) is 4.98 Å². The molecule has 22 heavy (non-hydrogen) atoms. The second kappa shape index (κ2) is 6.05. The van der Waals surface area contributed by atoms with E-state index >= 15 is 0 Å². The van der Waals surface area contributed by atoms with Crippen molar-refractivity contribution in [3.63, 3.8) is 0 Å². The van der Waals surface area contributed by atoms with Gasteiger partial charge in [0.15, 0.2) is 0 Å². The first-order valence-corrected chi connectivity index (χ1v) is 8.10. The van der Waals surface area contributed by atoms with E-state index < -0.39 is 0 Å². The first-order valence-electron chi connectivity index (χ1n) is 7.30. The van der Waals surface area contributed by atoms with E-state index in [2.05, 4.69) is 27.5 Å². The molecule has 3 rings (SSSR count). The zero-order valence-corrected chi connectivity index (χ0v) is 14.1. The summed E-state index contributed by atoms with van der Waals surface area (Å²) in [6.07, 6.45) is 6.52. The SMILES string of the molecule is C=CC(=O)N(c1ccc(Br)c(C)c1)c1cc2c(cn1)CCC2. The molecule has 4 heteroatoms. The van der Waals surface area contributed by atoms with Crippen LogP contribution < -0.4 is 4.90 Å². The molecule has 0 spiro atoms. The molecule has 1 aliphatic carbocycles. The zero-order valence-electron chi connectivity index (χ0n) is 12.5. The molecule has 0 atom stereocenters. The van der Waals surface area contributed by atoms with E-state index in [0.29, 0.717) is 5.82 Å². The van der Waals surface area contributed by atoms with Gasteiger partial charge in [-0.25, -0.2) is 4.98 Å². The third-order valence-corrected chi connectivity index (χ3v) is 4.87. The Bertz CT molecular complexity index is 755. The van der Waals surface area contributed by atoms with Crippen LogP contribution in [0.4, 0.5) is 11.5 Å². The van der Waals surface area contributed by atoms with E-state index in [-0.39, 0.29) is 5.91 Å². The monoisotopic (exact) mass is 356 g/mol. The Balaban J connectivity index is 2.08. The highest BCUT2D eigenvalue weighted by Gasteiger charge is 2.20. The Kier molecular flexibility index (Phi) is 4.12. The minimum absolute atomic E-state index is 0.174. The van der Waals surface area contributed by atoms with E-state index in [1.807, 2.05) is 37.4 Å². The van der Waals surface area contributed by atoms with E-state index in [4.69, 9.17) is 0 Å². The normalized spacial score (nSPS) is 12.8. The maximum atomic E-state index is 12.4. The van der Waals surface area contributed by atoms with E-state index in [1.54, 1.807) is 4.90 Å². The number of benzene rings is 1. The van der Waals surface area contributed by atoms with Crippen molar-refractivity contribution in [3.8, 4) is 0 Å². The number of halogens is 1. The third-order valence-electron chi connectivity index (χ3n) is 3.98. The number of pyridine rings is 1. The Morgan fingerprint density at radius 3 is 2.82 bits per heavy atom. The van der Waals surface area contributed by atoms with Crippen molar-refractivity contribution >= 4 is 33.3 Å². The predicted molar refractivity (Wildman–Crippen MR) is 92.5 cm³/mol. The van der Waals surface area contributed by atoms with Crippen LogP contribution in [0, 0.1) is 6.92 Å². The molecule has 0 aliphatic heterocycles. The zero-order chi connectivity index (χ0) is 15.7. The number of nitrogens with zero attached hydrogens (tertiary/aromatic N) is 2. The second-order valence-electron chi connectivity index (χ2n) is 5.48. The molecular formula is C18H17BrN2O. The molecule has 1 aromatic carbocycles. The molecule has 1 aliphatic rings. The van der Waals surface area contributed by atoms with Gasteiger partial charge in [-0.15, -0.1) is 0 Å². The number of hydrogen-bond donors (Lipinski definition) is 0. The van der Waals surface area contributed by atoms with E-state index in [1.165, 1.54) is 17.2 Å². The van der Waals surface area contributed by atoms with Crippen LogP contribution in [0.2, 0.25) is 0 Å². The molecule has 0 radical (unpaired) electrons. The summed E-state index contributed by atoms with van der Waals surface area (Å²) in [6.45, 7) is 5.62. The van der Waals surface area contributed by atoms with Crippen LogP contribution in [0.5, 0.6) is 0 Å². The lowest BCUT2D eigenvalue weighted by atomic mass is 10.1. The van der Waals surface area contributed by atoms with Gasteiger partial charge in [0.2, 0.25) is 0 Å². The van der Waals surface area contributed by atoms with Gasteiger partial charge in [0.25, 0.3) is 5.91 Å². The fourth-order valence-electron chi connectivity index (χ4n) is 2.79. The number of carbonyl (C=O) groups is 1. The molecule has 112 valence electrons. The molecule has 1 amide bonds. The molecule has 0 fully saturated rings. The van der Waals surface area contributed by atoms with Crippen LogP contribution in [0.15, 0.2) is 47.6 Å². The summed E-state index contributed by atoms with van der Waals surface area (Å²) in [6, 6.07) is 7.86. The summed E-state index contributed by atoms with van der Waals surface area (Å²) < 4.78 is 1.02. The average Bonchev–Trinajstić information content (AvgIpc) is 2.98. The fraction of sp³-hybridized carbons (Fsp3) is 0.222. The average molecular weight is 357 g/mol. The summed E-state index contributed by atoms with van der Waals surface area (Å²) in [7, 11) is 0. The number of anilines is 2. The van der Waals surface area contributed by atoms with Crippen LogP contribution in [0.1, 0.15) is 23.1 Å². The van der Waals surface area contributed by atoms with Crippen molar-refractivity contribution < 1.29 is 4.79 Å². The number of aromatic nitrogens is 1. The third kappa shape index (κ3) is 2.71. The highest BCUT2D eigenvalue weighted by Crippen LogP contribution is 2.31. The van der Waals surface area contributed by atoms with Crippen molar-refractivity contribution in [2.24, 2.45) is 0 Å². The van der Waals surface area contributed by atoms with Gasteiger partial charge in [-0.2, -0.15) is 0 Å². The van der Waals surface area contributed by atoms with Gasteiger partial charge in [0.1, 0.15) is 5.82 Å². The Morgan fingerprint density at radius 1 is 1.32 bits per heavy atom. The number of amides is 1. The molecule has 0 N–H and O–H groups in total. The second-order valence-corrected chi connectivity index (χ2v) is 6.33. The van der Waals surface area contributed by atoms with Gasteiger partial charge in [-0.1, -0.05) is 22.5 Å². The molecule has 0 bridgehead atoms. The largest absolute Gasteiger partial charge is 0.269 e. The number of aryl methyl sites for hydroxylation is 3. The fourth-order valence-corrected chi connectivity index (χ4v) is 3.04. The Hall–Kier alpha value is -1.94. The van der Waals surface area contributed by atoms with Gasteiger partial charge in [-0.05, 0) is 73.2 Å². The first kappa shape index (κ1) is 15.0. The van der Waals surface area contributed by atoms with Crippen molar-refractivity contribution in [3.05, 3.63) is 64.3 Å². The maximum Gasteiger partial charge on any atom is 0.256 e. The summed E-state index contributed by atoms with van der Waals surface area (Å²) in [5.74, 6) is 0.486. The number of rotatable bonds is 3. The van der Waals surface area contributed by atoms with Crippen LogP contribution in [0.3, 0.4) is 0 Å². The lowest BCUT2D eigenvalue weighted by Gasteiger charge is -2.22. The standard InChI is InChI=1S/C18H17BrN2O/c1-3-18(22)21(15-7-8-16(19)12(2)9-15)17-10-13-5-4-6-14(13)11-20-17/h3,7-11H,1,4-6H2,2H3. The summed E-state index contributed by atoms with van der Waals surface area (Å²) >= 11 is 3.49. The summed E-state index contributed by atoms with van der Waals surface area (Å²) in [5, 5.41) is 0. The maximum absolute atomic E-state index is 12.4. The van der Waals surface area contributed by atoms with E-state index in [9.17, 15) is 4.79 Å². The topological polar surface area (TPSA) is 33.2 Å². The quantitative estimate of drug-likeness (QED) is 0.759. The molecule has 1 aromatic heterocycles. The van der Waals surface area contributed by atoms with Crippen LogP contribution in [0.25, 0.3) is 0 Å². The van der Waals surface area contributed by atoms with Crippen molar-refractivity contribution in [1.29, 1.82) is 0 Å². The molecule has 0 unspecified atom stereocenters. The van der Waals surface area contributed by atoms with Gasteiger partial charge >= 0.3 is 0 Å². The molecule has 2 aromatic rings. The molecule has 3 nitrogen and oxygen atoms in total.